The third kappa shape index (κ3) is 8.40. The molecule has 0 aliphatic rings. The van der Waals surface area contributed by atoms with Crippen LogP contribution in [0.15, 0.2) is 0 Å². The lowest BCUT2D eigenvalue weighted by Crippen LogP contribution is -2.07. The van der Waals surface area contributed by atoms with Crippen LogP contribution < -0.4 is 0 Å². The Morgan fingerprint density at radius 1 is 0.923 bits per heavy atom. The van der Waals surface area contributed by atoms with Crippen LogP contribution in [-0.4, -0.2) is 7.28 Å². The molecule has 1 heteroatoms. The van der Waals surface area contributed by atoms with E-state index < -0.39 is 0 Å². The highest BCUT2D eigenvalue weighted by molar-refractivity contribution is 6.39. The summed E-state index contributed by atoms with van der Waals surface area (Å²) in [7, 11) is 2.55. The highest BCUT2D eigenvalue weighted by atomic mass is 14.0. The zero-order valence-corrected chi connectivity index (χ0v) is 9.97. The Labute approximate surface area is 85.7 Å². The van der Waals surface area contributed by atoms with E-state index in [2.05, 4.69) is 35.0 Å². The van der Waals surface area contributed by atoms with E-state index in [1.165, 1.54) is 38.5 Å². The zero-order chi connectivity index (χ0) is 10.1. The number of unbranched alkanes of at least 4 members (excludes halogenated alkanes) is 2. The molecule has 0 aromatic heterocycles. The van der Waals surface area contributed by atoms with Gasteiger partial charge in [0.25, 0.3) is 0 Å². The van der Waals surface area contributed by atoms with Gasteiger partial charge in [-0.25, -0.2) is 0 Å². The van der Waals surface area contributed by atoms with Crippen LogP contribution in [0.3, 0.4) is 0 Å². The van der Waals surface area contributed by atoms with Crippen LogP contribution >= 0.6 is 0 Å². The van der Waals surface area contributed by atoms with Crippen LogP contribution in [0.2, 0.25) is 11.6 Å². The molecule has 0 rings (SSSR count). The van der Waals surface area contributed by atoms with E-state index in [0.29, 0.717) is 0 Å². The van der Waals surface area contributed by atoms with E-state index in [9.17, 15) is 0 Å². The van der Waals surface area contributed by atoms with Crippen molar-refractivity contribution < 1.29 is 0 Å². The Balaban J connectivity index is 3.60. The SMILES string of the molecule is CCCCC([B]C(C)C)CCCC. The highest BCUT2D eigenvalue weighted by Gasteiger charge is 2.10. The van der Waals surface area contributed by atoms with Crippen molar-refractivity contribution >= 4 is 7.28 Å². The number of rotatable bonds is 8. The lowest BCUT2D eigenvalue weighted by molar-refractivity contribution is 0.592. The first-order valence-corrected chi connectivity index (χ1v) is 6.05. The number of hydrogen-bond donors (Lipinski definition) is 0. The first-order chi connectivity index (χ1) is 6.20. The monoisotopic (exact) mass is 181 g/mol. The Morgan fingerprint density at radius 2 is 1.38 bits per heavy atom. The van der Waals surface area contributed by atoms with E-state index in [4.69, 9.17) is 0 Å². The minimum atomic E-state index is 0.763. The minimum Gasteiger partial charge on any atom is -0.0742 e. The highest BCUT2D eigenvalue weighted by Crippen LogP contribution is 2.24. The molecular weight excluding hydrogens is 155 g/mol. The normalized spacial score (nSPS) is 11.2. The van der Waals surface area contributed by atoms with Gasteiger partial charge in [-0.2, -0.15) is 0 Å². The third-order valence-electron chi connectivity index (χ3n) is 2.51. The molecule has 0 saturated carbocycles. The second kappa shape index (κ2) is 8.65. The summed E-state index contributed by atoms with van der Waals surface area (Å²) < 4.78 is 0. The van der Waals surface area contributed by atoms with Crippen molar-refractivity contribution in [3.8, 4) is 0 Å². The third-order valence-corrected chi connectivity index (χ3v) is 2.51. The summed E-state index contributed by atoms with van der Waals surface area (Å²) in [5, 5.41) is 0. The molecular formula is C12H26B. The van der Waals surface area contributed by atoms with Crippen LogP contribution in [0.5, 0.6) is 0 Å². The van der Waals surface area contributed by atoms with Crippen molar-refractivity contribution in [2.45, 2.75) is 77.9 Å². The topological polar surface area (TPSA) is 0 Å². The van der Waals surface area contributed by atoms with E-state index in [0.717, 1.165) is 11.6 Å². The molecule has 0 amide bonds. The molecule has 1 radical (unpaired) electrons. The maximum atomic E-state index is 2.55. The first-order valence-electron chi connectivity index (χ1n) is 6.05. The van der Waals surface area contributed by atoms with Crippen LogP contribution in [0.25, 0.3) is 0 Å². The van der Waals surface area contributed by atoms with E-state index >= 15 is 0 Å². The van der Waals surface area contributed by atoms with Crippen molar-refractivity contribution in [1.29, 1.82) is 0 Å². The molecule has 0 heterocycles. The molecule has 0 aromatic carbocycles. The molecule has 0 spiro atoms. The summed E-state index contributed by atoms with van der Waals surface area (Å²) in [6.45, 7) is 9.16. The minimum absolute atomic E-state index is 0.763. The number of hydrogen-bond acceptors (Lipinski definition) is 0. The summed E-state index contributed by atoms with van der Waals surface area (Å²) in [6.07, 6.45) is 8.31. The van der Waals surface area contributed by atoms with Gasteiger partial charge in [0.2, 0.25) is 0 Å². The van der Waals surface area contributed by atoms with E-state index in [1.54, 1.807) is 0 Å². The molecule has 13 heavy (non-hydrogen) atoms. The standard InChI is InChI=1S/C12H26B/c1-5-7-9-12(10-8-6-2)13-11(3)4/h11-12H,5-10H2,1-4H3. The fourth-order valence-electron chi connectivity index (χ4n) is 1.81. The molecule has 0 N–H and O–H groups in total. The summed E-state index contributed by atoms with van der Waals surface area (Å²) in [5.74, 6) is 1.65. The summed E-state index contributed by atoms with van der Waals surface area (Å²) in [5.41, 5.74) is 0. The molecule has 0 fully saturated rings. The van der Waals surface area contributed by atoms with Gasteiger partial charge in [-0.05, 0) is 0 Å². The molecule has 0 unspecified atom stereocenters. The van der Waals surface area contributed by atoms with Crippen LogP contribution in [-0.2, 0) is 0 Å². The quantitative estimate of drug-likeness (QED) is 0.476. The molecule has 0 nitrogen and oxygen atoms in total. The van der Waals surface area contributed by atoms with Crippen molar-refractivity contribution in [3.63, 3.8) is 0 Å². The van der Waals surface area contributed by atoms with Gasteiger partial charge in [-0.1, -0.05) is 77.9 Å². The molecule has 0 aliphatic carbocycles. The van der Waals surface area contributed by atoms with Gasteiger partial charge >= 0.3 is 0 Å². The van der Waals surface area contributed by atoms with Crippen molar-refractivity contribution in [1.82, 2.24) is 0 Å². The van der Waals surface area contributed by atoms with Crippen molar-refractivity contribution in [2.75, 3.05) is 0 Å². The fourth-order valence-corrected chi connectivity index (χ4v) is 1.81. The lowest BCUT2D eigenvalue weighted by Gasteiger charge is -2.17. The molecule has 0 aliphatic heterocycles. The molecule has 0 bridgehead atoms. The van der Waals surface area contributed by atoms with Crippen LogP contribution in [0.4, 0.5) is 0 Å². The predicted molar refractivity (Wildman–Crippen MR) is 63.7 cm³/mol. The first kappa shape index (κ1) is 13.1. The van der Waals surface area contributed by atoms with Gasteiger partial charge in [0.1, 0.15) is 7.28 Å². The second-order valence-electron chi connectivity index (χ2n) is 4.48. The van der Waals surface area contributed by atoms with E-state index in [1.807, 2.05) is 0 Å². The second-order valence-corrected chi connectivity index (χ2v) is 4.48. The van der Waals surface area contributed by atoms with Crippen LogP contribution in [0, 0.1) is 0 Å². The average molecular weight is 181 g/mol. The average Bonchev–Trinajstić information content (AvgIpc) is 2.09. The van der Waals surface area contributed by atoms with Gasteiger partial charge in [0.15, 0.2) is 0 Å². The van der Waals surface area contributed by atoms with Gasteiger partial charge < -0.3 is 0 Å². The molecule has 0 atom stereocenters. The van der Waals surface area contributed by atoms with Crippen molar-refractivity contribution in [3.05, 3.63) is 0 Å². The summed E-state index contributed by atoms with van der Waals surface area (Å²) in [6, 6.07) is 0. The van der Waals surface area contributed by atoms with E-state index in [-0.39, 0.29) is 0 Å². The predicted octanol–water partition coefficient (Wildman–Crippen LogP) is 4.69. The Hall–Kier alpha value is 0.0649. The molecule has 0 saturated heterocycles. The van der Waals surface area contributed by atoms with Crippen LogP contribution in [0.1, 0.15) is 66.2 Å². The smallest absolute Gasteiger partial charge is 0.0742 e. The fraction of sp³-hybridized carbons (Fsp3) is 1.00. The van der Waals surface area contributed by atoms with Gasteiger partial charge in [-0.3, -0.25) is 0 Å². The largest absolute Gasteiger partial charge is 0.117 e. The Kier molecular flexibility index (Phi) is 8.70. The summed E-state index contributed by atoms with van der Waals surface area (Å²) in [4.78, 5) is 0. The lowest BCUT2D eigenvalue weighted by atomic mass is 9.53. The van der Waals surface area contributed by atoms with Gasteiger partial charge in [0, 0.05) is 0 Å². The zero-order valence-electron chi connectivity index (χ0n) is 9.97. The van der Waals surface area contributed by atoms with Gasteiger partial charge in [-0.15, -0.1) is 0 Å². The maximum Gasteiger partial charge on any atom is 0.117 e. The Bertz CT molecular complexity index is 91.3. The molecule has 77 valence electrons. The maximum absolute atomic E-state index is 2.55. The summed E-state index contributed by atoms with van der Waals surface area (Å²) >= 11 is 0. The van der Waals surface area contributed by atoms with Crippen molar-refractivity contribution in [2.24, 2.45) is 0 Å². The Morgan fingerprint density at radius 3 is 1.69 bits per heavy atom. The molecule has 0 aromatic rings. The van der Waals surface area contributed by atoms with Gasteiger partial charge in [0.05, 0.1) is 0 Å².